The SMILES string of the molecule is CCCNC(C)CC(C)C1CC(C)CC(C)C1. The molecule has 1 saturated carbocycles. The van der Waals surface area contributed by atoms with Gasteiger partial charge in [-0.3, -0.25) is 0 Å². The largest absolute Gasteiger partial charge is 0.314 e. The summed E-state index contributed by atoms with van der Waals surface area (Å²) in [5.41, 5.74) is 0. The van der Waals surface area contributed by atoms with Crippen molar-refractivity contribution in [2.24, 2.45) is 23.7 Å². The number of nitrogens with one attached hydrogen (secondary N) is 1. The third-order valence-electron chi connectivity index (χ3n) is 4.49. The molecule has 1 aliphatic carbocycles. The summed E-state index contributed by atoms with van der Waals surface area (Å²) in [4.78, 5) is 0. The van der Waals surface area contributed by atoms with Crippen LogP contribution < -0.4 is 5.32 Å². The molecule has 1 rings (SSSR count). The second kappa shape index (κ2) is 7.41. The van der Waals surface area contributed by atoms with Crippen LogP contribution in [0, 0.1) is 23.7 Å². The highest BCUT2D eigenvalue weighted by molar-refractivity contribution is 4.80. The fraction of sp³-hybridized carbons (Fsp3) is 1.00. The first-order chi connectivity index (χ1) is 8.02. The molecule has 1 heteroatoms. The molecule has 0 radical (unpaired) electrons. The van der Waals surface area contributed by atoms with Crippen molar-refractivity contribution in [2.75, 3.05) is 6.54 Å². The van der Waals surface area contributed by atoms with Gasteiger partial charge in [-0.2, -0.15) is 0 Å². The minimum atomic E-state index is 0.692. The maximum Gasteiger partial charge on any atom is 0.00413 e. The van der Waals surface area contributed by atoms with E-state index in [9.17, 15) is 0 Å². The zero-order valence-electron chi connectivity index (χ0n) is 12.6. The van der Waals surface area contributed by atoms with Crippen molar-refractivity contribution in [3.63, 3.8) is 0 Å². The van der Waals surface area contributed by atoms with E-state index in [1.807, 2.05) is 0 Å². The number of hydrogen-bond acceptors (Lipinski definition) is 1. The van der Waals surface area contributed by atoms with Crippen LogP contribution in [0.2, 0.25) is 0 Å². The van der Waals surface area contributed by atoms with E-state index in [1.165, 1.54) is 38.6 Å². The van der Waals surface area contributed by atoms with Gasteiger partial charge in [0.2, 0.25) is 0 Å². The van der Waals surface area contributed by atoms with Crippen LogP contribution in [0.15, 0.2) is 0 Å². The van der Waals surface area contributed by atoms with Gasteiger partial charge in [-0.05, 0) is 69.2 Å². The van der Waals surface area contributed by atoms with Gasteiger partial charge in [-0.25, -0.2) is 0 Å². The van der Waals surface area contributed by atoms with E-state index in [0.29, 0.717) is 6.04 Å². The van der Waals surface area contributed by atoms with Crippen LogP contribution in [0.3, 0.4) is 0 Å². The van der Waals surface area contributed by atoms with E-state index >= 15 is 0 Å². The fourth-order valence-corrected chi connectivity index (χ4v) is 3.70. The van der Waals surface area contributed by atoms with E-state index in [-0.39, 0.29) is 0 Å². The molecule has 0 saturated heterocycles. The molecule has 0 bridgehead atoms. The summed E-state index contributed by atoms with van der Waals surface area (Å²) in [6.07, 6.45) is 6.98. The highest BCUT2D eigenvalue weighted by Gasteiger charge is 2.28. The second-order valence-corrected chi connectivity index (χ2v) is 6.75. The fourth-order valence-electron chi connectivity index (χ4n) is 3.70. The Morgan fingerprint density at radius 3 is 2.18 bits per heavy atom. The minimum Gasteiger partial charge on any atom is -0.314 e. The highest BCUT2D eigenvalue weighted by atomic mass is 14.9. The topological polar surface area (TPSA) is 12.0 Å². The molecule has 4 atom stereocenters. The quantitative estimate of drug-likeness (QED) is 0.721. The third-order valence-corrected chi connectivity index (χ3v) is 4.49. The van der Waals surface area contributed by atoms with Gasteiger partial charge in [0.25, 0.3) is 0 Å². The van der Waals surface area contributed by atoms with Crippen molar-refractivity contribution >= 4 is 0 Å². The lowest BCUT2D eigenvalue weighted by molar-refractivity contribution is 0.156. The van der Waals surface area contributed by atoms with E-state index < -0.39 is 0 Å². The van der Waals surface area contributed by atoms with Crippen LogP contribution in [-0.4, -0.2) is 12.6 Å². The van der Waals surface area contributed by atoms with Gasteiger partial charge >= 0.3 is 0 Å². The lowest BCUT2D eigenvalue weighted by Crippen LogP contribution is -2.32. The Morgan fingerprint density at radius 1 is 1.06 bits per heavy atom. The summed E-state index contributed by atoms with van der Waals surface area (Å²) in [5.74, 6) is 3.76. The van der Waals surface area contributed by atoms with Crippen LogP contribution in [0.5, 0.6) is 0 Å². The molecule has 1 N–H and O–H groups in total. The number of rotatable bonds is 6. The smallest absolute Gasteiger partial charge is 0.00413 e. The number of hydrogen-bond donors (Lipinski definition) is 1. The molecule has 0 heterocycles. The lowest BCUT2D eigenvalue weighted by Gasteiger charge is -2.36. The van der Waals surface area contributed by atoms with Crippen LogP contribution in [-0.2, 0) is 0 Å². The monoisotopic (exact) mass is 239 g/mol. The molecule has 1 aliphatic rings. The first-order valence-corrected chi connectivity index (χ1v) is 7.76. The second-order valence-electron chi connectivity index (χ2n) is 6.75. The lowest BCUT2D eigenvalue weighted by atomic mass is 9.71. The third kappa shape index (κ3) is 5.42. The average molecular weight is 239 g/mol. The molecule has 4 unspecified atom stereocenters. The van der Waals surface area contributed by atoms with Crippen LogP contribution >= 0.6 is 0 Å². The van der Waals surface area contributed by atoms with Gasteiger partial charge < -0.3 is 5.32 Å². The summed E-state index contributed by atoms with van der Waals surface area (Å²) >= 11 is 0. The molecule has 0 amide bonds. The zero-order chi connectivity index (χ0) is 12.8. The normalized spacial score (nSPS) is 33.4. The maximum atomic E-state index is 3.62. The Kier molecular flexibility index (Phi) is 6.54. The predicted octanol–water partition coefficient (Wildman–Crippen LogP) is 4.47. The molecule has 0 spiro atoms. The standard InChI is InChI=1S/C16H33N/c1-6-7-17-15(5)11-14(4)16-9-12(2)8-13(3)10-16/h12-17H,6-11H2,1-5H3. The first kappa shape index (κ1) is 15.0. The summed E-state index contributed by atoms with van der Waals surface area (Å²) in [5, 5.41) is 3.62. The van der Waals surface area contributed by atoms with E-state index in [0.717, 1.165) is 23.7 Å². The molecule has 0 aromatic carbocycles. The Labute approximate surface area is 109 Å². The first-order valence-electron chi connectivity index (χ1n) is 7.76. The van der Waals surface area contributed by atoms with Crippen molar-refractivity contribution in [3.8, 4) is 0 Å². The highest BCUT2D eigenvalue weighted by Crippen LogP contribution is 2.38. The van der Waals surface area contributed by atoms with Crippen molar-refractivity contribution in [1.82, 2.24) is 5.32 Å². The van der Waals surface area contributed by atoms with E-state index in [4.69, 9.17) is 0 Å². The van der Waals surface area contributed by atoms with Crippen molar-refractivity contribution in [3.05, 3.63) is 0 Å². The van der Waals surface area contributed by atoms with Crippen molar-refractivity contribution in [1.29, 1.82) is 0 Å². The molecule has 1 nitrogen and oxygen atoms in total. The Morgan fingerprint density at radius 2 is 1.65 bits per heavy atom. The van der Waals surface area contributed by atoms with Gasteiger partial charge in [0.15, 0.2) is 0 Å². The van der Waals surface area contributed by atoms with Crippen molar-refractivity contribution in [2.45, 2.75) is 72.8 Å². The summed E-state index contributed by atoms with van der Waals surface area (Å²) in [7, 11) is 0. The average Bonchev–Trinajstić information content (AvgIpc) is 2.25. The summed E-state index contributed by atoms with van der Waals surface area (Å²) < 4.78 is 0. The maximum absolute atomic E-state index is 3.62. The minimum absolute atomic E-state index is 0.692. The predicted molar refractivity (Wildman–Crippen MR) is 77.2 cm³/mol. The Balaban J connectivity index is 2.33. The van der Waals surface area contributed by atoms with E-state index in [2.05, 4.69) is 39.9 Å². The Hall–Kier alpha value is -0.0400. The van der Waals surface area contributed by atoms with Gasteiger partial charge in [0.1, 0.15) is 0 Å². The van der Waals surface area contributed by atoms with Gasteiger partial charge in [-0.15, -0.1) is 0 Å². The zero-order valence-corrected chi connectivity index (χ0v) is 12.6. The molecule has 0 aliphatic heterocycles. The van der Waals surface area contributed by atoms with Crippen LogP contribution in [0.1, 0.15) is 66.7 Å². The van der Waals surface area contributed by atoms with Crippen molar-refractivity contribution < 1.29 is 0 Å². The van der Waals surface area contributed by atoms with Gasteiger partial charge in [-0.1, -0.05) is 27.7 Å². The molecular formula is C16H33N. The van der Waals surface area contributed by atoms with Crippen LogP contribution in [0.4, 0.5) is 0 Å². The summed E-state index contributed by atoms with van der Waals surface area (Å²) in [6.45, 7) is 13.1. The Bertz CT molecular complexity index is 192. The summed E-state index contributed by atoms with van der Waals surface area (Å²) in [6, 6.07) is 0.692. The molecule has 102 valence electrons. The molecule has 17 heavy (non-hydrogen) atoms. The van der Waals surface area contributed by atoms with Gasteiger partial charge in [0.05, 0.1) is 0 Å². The molecule has 0 aromatic heterocycles. The molecule has 1 fully saturated rings. The molecule has 0 aromatic rings. The molecular weight excluding hydrogens is 206 g/mol. The van der Waals surface area contributed by atoms with Crippen LogP contribution in [0.25, 0.3) is 0 Å². The van der Waals surface area contributed by atoms with E-state index in [1.54, 1.807) is 0 Å². The van der Waals surface area contributed by atoms with Gasteiger partial charge in [0, 0.05) is 6.04 Å².